The van der Waals surface area contributed by atoms with Crippen LogP contribution in [0.5, 0.6) is 0 Å². The van der Waals surface area contributed by atoms with E-state index in [1.807, 2.05) is 30.7 Å². The monoisotopic (exact) mass is 308 g/mol. The number of hydrogen-bond donors (Lipinski definition) is 1. The highest BCUT2D eigenvalue weighted by Gasteiger charge is 2.44. The van der Waals surface area contributed by atoms with Crippen molar-refractivity contribution in [2.75, 3.05) is 0 Å². The highest BCUT2D eigenvalue weighted by atomic mass is 32.2. The Morgan fingerprint density at radius 3 is 2.15 bits per heavy atom. The number of alkyl halides is 3. The SMILES string of the molecule is O=S(=O)(O)C(F)(F)F.c1ccc(Cn2ccnc2)cc1. The lowest BCUT2D eigenvalue weighted by Gasteiger charge is -2.00. The van der Waals surface area contributed by atoms with Gasteiger partial charge in [0, 0.05) is 18.9 Å². The van der Waals surface area contributed by atoms with Crippen LogP contribution in [0.4, 0.5) is 13.2 Å². The molecule has 0 radical (unpaired) electrons. The molecule has 0 bridgehead atoms. The summed E-state index contributed by atoms with van der Waals surface area (Å²) in [5, 5.41) is 0. The molecule has 0 fully saturated rings. The third-order valence-electron chi connectivity index (χ3n) is 2.06. The maximum absolute atomic E-state index is 10.7. The van der Waals surface area contributed by atoms with Crippen molar-refractivity contribution < 1.29 is 26.1 Å². The Labute approximate surface area is 113 Å². The zero-order valence-electron chi connectivity index (χ0n) is 10.0. The van der Waals surface area contributed by atoms with Crippen molar-refractivity contribution in [2.24, 2.45) is 0 Å². The third kappa shape index (κ3) is 5.41. The van der Waals surface area contributed by atoms with Gasteiger partial charge in [-0.25, -0.2) is 4.98 Å². The number of hydrogen-bond acceptors (Lipinski definition) is 3. The van der Waals surface area contributed by atoms with Crippen molar-refractivity contribution in [1.82, 2.24) is 9.55 Å². The smallest absolute Gasteiger partial charge is 0.333 e. The Hall–Kier alpha value is -1.87. The van der Waals surface area contributed by atoms with Crippen LogP contribution in [0, 0.1) is 0 Å². The number of imidazole rings is 1. The highest BCUT2D eigenvalue weighted by molar-refractivity contribution is 7.86. The third-order valence-corrected chi connectivity index (χ3v) is 2.64. The van der Waals surface area contributed by atoms with E-state index in [9.17, 15) is 13.2 Å². The second kappa shape index (κ2) is 6.53. The summed E-state index contributed by atoms with van der Waals surface area (Å²) in [6, 6.07) is 10.3. The van der Waals surface area contributed by atoms with E-state index in [-0.39, 0.29) is 0 Å². The van der Waals surface area contributed by atoms with E-state index in [0.29, 0.717) is 0 Å². The maximum atomic E-state index is 10.7. The molecular formula is C11H11F3N2O3S. The number of halogens is 3. The van der Waals surface area contributed by atoms with Gasteiger partial charge < -0.3 is 4.57 Å². The average molecular weight is 308 g/mol. The maximum Gasteiger partial charge on any atom is 0.522 e. The van der Waals surface area contributed by atoms with Crippen LogP contribution in [0.1, 0.15) is 5.56 Å². The fourth-order valence-corrected chi connectivity index (χ4v) is 1.17. The average Bonchev–Trinajstić information content (AvgIpc) is 2.81. The predicted molar refractivity (Wildman–Crippen MR) is 65.4 cm³/mol. The molecule has 1 aromatic carbocycles. The number of rotatable bonds is 2. The van der Waals surface area contributed by atoms with Gasteiger partial charge in [-0.05, 0) is 5.56 Å². The van der Waals surface area contributed by atoms with Gasteiger partial charge in [0.15, 0.2) is 0 Å². The van der Waals surface area contributed by atoms with Crippen LogP contribution in [0.15, 0.2) is 49.1 Å². The van der Waals surface area contributed by atoms with E-state index in [1.165, 1.54) is 5.56 Å². The van der Waals surface area contributed by atoms with Crippen molar-refractivity contribution in [3.8, 4) is 0 Å². The Kier molecular flexibility index (Phi) is 5.28. The van der Waals surface area contributed by atoms with Gasteiger partial charge in [-0.1, -0.05) is 30.3 Å². The molecule has 2 aromatic rings. The molecule has 0 unspecified atom stereocenters. The lowest BCUT2D eigenvalue weighted by Crippen LogP contribution is -2.21. The van der Waals surface area contributed by atoms with Gasteiger partial charge in [0.25, 0.3) is 0 Å². The summed E-state index contributed by atoms with van der Waals surface area (Å²) in [7, 11) is -5.84. The molecule has 0 saturated heterocycles. The molecule has 0 spiro atoms. The molecule has 110 valence electrons. The number of benzene rings is 1. The molecule has 1 heterocycles. The molecular weight excluding hydrogens is 297 g/mol. The summed E-state index contributed by atoms with van der Waals surface area (Å²) in [6.45, 7) is 0.904. The molecule has 2 rings (SSSR count). The van der Waals surface area contributed by atoms with Crippen LogP contribution in [-0.4, -0.2) is 28.0 Å². The van der Waals surface area contributed by atoms with Crippen LogP contribution >= 0.6 is 0 Å². The summed E-state index contributed by atoms with van der Waals surface area (Å²) >= 11 is 0. The van der Waals surface area contributed by atoms with Gasteiger partial charge in [0.05, 0.1) is 6.33 Å². The summed E-state index contributed by atoms with van der Waals surface area (Å²) in [5.74, 6) is 0. The minimum atomic E-state index is -5.84. The normalized spacial score (nSPS) is 11.6. The van der Waals surface area contributed by atoms with E-state index < -0.39 is 15.6 Å². The molecule has 5 nitrogen and oxygen atoms in total. The van der Waals surface area contributed by atoms with Crippen molar-refractivity contribution >= 4 is 10.1 Å². The minimum Gasteiger partial charge on any atom is -0.333 e. The van der Waals surface area contributed by atoms with E-state index in [2.05, 4.69) is 21.7 Å². The topological polar surface area (TPSA) is 72.2 Å². The van der Waals surface area contributed by atoms with Crippen molar-refractivity contribution in [2.45, 2.75) is 12.1 Å². The number of aromatic nitrogens is 2. The minimum absolute atomic E-state index is 0.904. The van der Waals surface area contributed by atoms with Gasteiger partial charge in [-0.2, -0.15) is 21.6 Å². The lowest BCUT2D eigenvalue weighted by atomic mass is 10.2. The van der Waals surface area contributed by atoms with Gasteiger partial charge in [-0.15, -0.1) is 0 Å². The second-order valence-corrected chi connectivity index (χ2v) is 5.05. The summed E-state index contributed by atoms with van der Waals surface area (Å²) in [6.07, 6.45) is 5.59. The molecule has 0 saturated carbocycles. The van der Waals surface area contributed by atoms with Crippen LogP contribution < -0.4 is 0 Å². The summed E-state index contributed by atoms with van der Waals surface area (Å²) in [4.78, 5) is 3.98. The van der Waals surface area contributed by atoms with Crippen molar-refractivity contribution in [3.05, 3.63) is 54.6 Å². The predicted octanol–water partition coefficient (Wildman–Crippen LogP) is 2.33. The standard InChI is InChI=1S/C10H10N2.CHF3O3S/c1-2-4-10(5-3-1)8-12-7-6-11-9-12;2-1(3,4)8(5,6)7/h1-7,9H,8H2;(H,5,6,7). The summed E-state index contributed by atoms with van der Waals surface area (Å²) < 4.78 is 59.6. The van der Waals surface area contributed by atoms with E-state index >= 15 is 0 Å². The lowest BCUT2D eigenvalue weighted by molar-refractivity contribution is -0.0510. The Bertz CT molecular complexity index is 610. The zero-order chi connectivity index (χ0) is 15.2. The fourth-order valence-electron chi connectivity index (χ4n) is 1.17. The highest BCUT2D eigenvalue weighted by Crippen LogP contribution is 2.20. The van der Waals surface area contributed by atoms with Crippen molar-refractivity contribution in [1.29, 1.82) is 0 Å². The fraction of sp³-hybridized carbons (Fsp3) is 0.182. The Morgan fingerprint density at radius 1 is 1.20 bits per heavy atom. The summed E-state index contributed by atoms with van der Waals surface area (Å²) in [5.41, 5.74) is -4.23. The molecule has 1 N–H and O–H groups in total. The Balaban J connectivity index is 0.000000221. The molecule has 20 heavy (non-hydrogen) atoms. The first-order chi connectivity index (χ1) is 9.20. The van der Waals surface area contributed by atoms with E-state index in [1.54, 1.807) is 6.20 Å². The largest absolute Gasteiger partial charge is 0.522 e. The zero-order valence-corrected chi connectivity index (χ0v) is 10.8. The molecule has 0 aliphatic carbocycles. The molecule has 0 aliphatic rings. The molecule has 9 heteroatoms. The van der Waals surface area contributed by atoms with Crippen molar-refractivity contribution in [3.63, 3.8) is 0 Å². The first-order valence-corrected chi connectivity index (χ1v) is 6.67. The first-order valence-electron chi connectivity index (χ1n) is 5.23. The molecule has 0 atom stereocenters. The van der Waals surface area contributed by atoms with Gasteiger partial charge >= 0.3 is 15.6 Å². The number of nitrogens with zero attached hydrogens (tertiary/aromatic N) is 2. The second-order valence-electron chi connectivity index (χ2n) is 3.64. The van der Waals surface area contributed by atoms with E-state index in [4.69, 9.17) is 13.0 Å². The Morgan fingerprint density at radius 2 is 1.75 bits per heavy atom. The quantitative estimate of drug-likeness (QED) is 0.682. The van der Waals surface area contributed by atoms with E-state index in [0.717, 1.165) is 6.54 Å². The van der Waals surface area contributed by atoms with Gasteiger partial charge in [0.1, 0.15) is 0 Å². The van der Waals surface area contributed by atoms with Gasteiger partial charge in [-0.3, -0.25) is 4.55 Å². The molecule has 0 aliphatic heterocycles. The van der Waals surface area contributed by atoms with Crippen LogP contribution in [-0.2, 0) is 16.7 Å². The first kappa shape index (κ1) is 16.2. The van der Waals surface area contributed by atoms with Gasteiger partial charge in [0.2, 0.25) is 0 Å². The van der Waals surface area contributed by atoms with Crippen LogP contribution in [0.3, 0.4) is 0 Å². The van der Waals surface area contributed by atoms with Crippen LogP contribution in [0.25, 0.3) is 0 Å². The molecule has 1 aromatic heterocycles. The molecule has 0 amide bonds. The van der Waals surface area contributed by atoms with Crippen LogP contribution in [0.2, 0.25) is 0 Å².